The first-order valence-corrected chi connectivity index (χ1v) is 15.2. The number of aliphatic hydroxyl groups is 5. The van der Waals surface area contributed by atoms with Gasteiger partial charge >= 0.3 is 0 Å². The van der Waals surface area contributed by atoms with Crippen LogP contribution in [0, 0.1) is 23.9 Å². The van der Waals surface area contributed by atoms with Crippen molar-refractivity contribution < 1.29 is 44.5 Å². The van der Waals surface area contributed by atoms with E-state index in [9.17, 15) is 25.5 Å². The van der Waals surface area contributed by atoms with Crippen LogP contribution >= 0.6 is 0 Å². The van der Waals surface area contributed by atoms with Crippen molar-refractivity contribution in [2.45, 2.75) is 112 Å². The summed E-state index contributed by atoms with van der Waals surface area (Å²) in [4.78, 5) is 0. The molecule has 0 aromatic heterocycles. The molecule has 9 nitrogen and oxygen atoms in total. The molecule has 5 N–H and O–H groups in total. The van der Waals surface area contributed by atoms with E-state index in [0.717, 1.165) is 18.4 Å². The highest BCUT2D eigenvalue weighted by Crippen LogP contribution is 2.47. The molecule has 42 heavy (non-hydrogen) atoms. The Hall–Kier alpha value is -2.58. The fourth-order valence-corrected chi connectivity index (χ4v) is 7.01. The van der Waals surface area contributed by atoms with E-state index in [1.54, 1.807) is 12.1 Å². The number of ether oxygens (including phenoxy) is 4. The molecule has 0 unspecified atom stereocenters. The van der Waals surface area contributed by atoms with E-state index < -0.39 is 53.9 Å². The molecule has 9 atom stereocenters. The van der Waals surface area contributed by atoms with Crippen LogP contribution in [0.1, 0.15) is 63.4 Å². The van der Waals surface area contributed by atoms with Crippen molar-refractivity contribution in [3.63, 3.8) is 0 Å². The van der Waals surface area contributed by atoms with Crippen LogP contribution in [0.5, 0.6) is 5.75 Å². The highest BCUT2D eigenvalue weighted by molar-refractivity contribution is 5.29. The predicted molar refractivity (Wildman–Crippen MR) is 154 cm³/mol. The third-order valence-corrected chi connectivity index (χ3v) is 9.36. The molecular weight excluding hydrogens is 540 g/mol. The first-order chi connectivity index (χ1) is 20.3. The molecule has 1 aromatic carbocycles. The molecule has 1 spiro atoms. The Morgan fingerprint density at radius 1 is 1.12 bits per heavy atom. The smallest absolute Gasteiger partial charge is 0.243 e. The van der Waals surface area contributed by atoms with Crippen LogP contribution in [0.25, 0.3) is 0 Å². The average molecular weight is 585 g/mol. The lowest BCUT2D eigenvalue weighted by Gasteiger charge is -2.52. The lowest BCUT2D eigenvalue weighted by molar-refractivity contribution is -0.333. The molecule has 230 valence electrons. The highest BCUT2D eigenvalue weighted by atomic mass is 16.7. The Morgan fingerprint density at radius 2 is 1.88 bits per heavy atom. The first-order valence-electron chi connectivity index (χ1n) is 15.2. The summed E-state index contributed by atoms with van der Waals surface area (Å²) in [5.41, 5.74) is -1.40. The van der Waals surface area contributed by atoms with Crippen LogP contribution in [0.4, 0.5) is 0 Å². The molecule has 4 aliphatic heterocycles. The minimum absolute atomic E-state index is 0.0793. The molecule has 5 aliphatic rings. The molecule has 1 saturated carbocycles. The van der Waals surface area contributed by atoms with Crippen LogP contribution < -0.4 is 4.74 Å². The molecule has 0 radical (unpaired) electrons. The van der Waals surface area contributed by atoms with Gasteiger partial charge < -0.3 is 44.5 Å². The van der Waals surface area contributed by atoms with Gasteiger partial charge in [0.2, 0.25) is 6.29 Å². The van der Waals surface area contributed by atoms with Gasteiger partial charge in [0.25, 0.3) is 0 Å². The average Bonchev–Trinajstić information content (AvgIpc) is 3.32. The second kappa shape index (κ2) is 13.4. The van der Waals surface area contributed by atoms with E-state index in [0.29, 0.717) is 44.3 Å². The zero-order chi connectivity index (χ0) is 29.7. The van der Waals surface area contributed by atoms with E-state index in [1.807, 2.05) is 24.3 Å². The van der Waals surface area contributed by atoms with Crippen LogP contribution in [0.15, 0.2) is 49.3 Å². The Labute approximate surface area is 247 Å². The SMILES string of the molecule is C=CCc1ccc(O[C@@H]2O[C@H]3[C@@H](O)[C@H](O)[C@]24C[C@H]([C@H](O)CC#CO[C@H]3CCCO)[C@@H](CC2(O)CCCC2)C=CO4)cc1. The zero-order valence-corrected chi connectivity index (χ0v) is 24.0. The van der Waals surface area contributed by atoms with Crippen LogP contribution in [0.2, 0.25) is 0 Å². The number of hydrogen-bond acceptors (Lipinski definition) is 9. The third-order valence-electron chi connectivity index (χ3n) is 9.36. The molecule has 0 amide bonds. The van der Waals surface area contributed by atoms with Crippen molar-refractivity contribution >= 4 is 0 Å². The van der Waals surface area contributed by atoms with Gasteiger partial charge in [-0.25, -0.2) is 0 Å². The van der Waals surface area contributed by atoms with E-state index in [4.69, 9.17) is 18.9 Å². The molecule has 3 bridgehead atoms. The fraction of sp³-hybridized carbons (Fsp3) is 0.636. The number of hydrogen-bond donors (Lipinski definition) is 5. The number of benzene rings is 1. The fourth-order valence-electron chi connectivity index (χ4n) is 7.01. The number of allylic oxidation sites excluding steroid dienone is 2. The van der Waals surface area contributed by atoms with Crippen molar-refractivity contribution in [3.8, 4) is 17.8 Å². The Kier molecular flexibility index (Phi) is 9.83. The first kappa shape index (κ1) is 30.9. The largest absolute Gasteiger partial charge is 0.486 e. The Bertz CT molecular complexity index is 1130. The van der Waals surface area contributed by atoms with Crippen LogP contribution in [-0.4, -0.2) is 80.2 Å². The summed E-state index contributed by atoms with van der Waals surface area (Å²) in [6.07, 6.45) is 6.16. The van der Waals surface area contributed by atoms with Crippen molar-refractivity contribution in [2.24, 2.45) is 11.8 Å². The van der Waals surface area contributed by atoms with Crippen molar-refractivity contribution in [1.29, 1.82) is 0 Å². The molecule has 9 heteroatoms. The van der Waals surface area contributed by atoms with Gasteiger partial charge in [0, 0.05) is 19.4 Å². The van der Waals surface area contributed by atoms with Crippen LogP contribution in [0.3, 0.4) is 0 Å². The Morgan fingerprint density at radius 3 is 2.60 bits per heavy atom. The summed E-state index contributed by atoms with van der Waals surface area (Å²) in [5.74, 6) is 2.59. The maximum Gasteiger partial charge on any atom is 0.243 e. The van der Waals surface area contributed by atoms with E-state index in [1.165, 1.54) is 6.26 Å². The topological polar surface area (TPSA) is 138 Å². The van der Waals surface area contributed by atoms with E-state index in [2.05, 4.69) is 18.6 Å². The molecular formula is C33H44O9. The lowest BCUT2D eigenvalue weighted by Crippen LogP contribution is -2.70. The van der Waals surface area contributed by atoms with E-state index >= 15 is 0 Å². The summed E-state index contributed by atoms with van der Waals surface area (Å²) in [7, 11) is 0. The zero-order valence-electron chi connectivity index (χ0n) is 24.0. The summed E-state index contributed by atoms with van der Waals surface area (Å²) in [5, 5.41) is 55.6. The van der Waals surface area contributed by atoms with Gasteiger partial charge in [0.15, 0.2) is 5.60 Å². The summed E-state index contributed by atoms with van der Waals surface area (Å²) in [6, 6.07) is 7.42. The maximum absolute atomic E-state index is 11.8. The molecule has 1 aromatic rings. The van der Waals surface area contributed by atoms with Gasteiger partial charge in [-0.1, -0.05) is 37.0 Å². The quantitative estimate of drug-likeness (QED) is 0.219. The standard InChI is InChI=1S/C33H44O9/c1-2-7-22-10-12-24(13-11-22)41-31-33-21-25(23(14-19-40-33)20-32(38)15-3-4-16-32)26(35)8-6-18-39-27(9-5-17-34)29(42-31)28(36)30(33)37/h2,10-14,19,23,25-31,34-38H,1,3-5,7-9,15-17,20-21H2/t23-,25+,26-,27+,28-,29-,30+,31-,33-/m1/s1. The second-order valence-corrected chi connectivity index (χ2v) is 12.3. The molecule has 1 aliphatic carbocycles. The predicted octanol–water partition coefficient (Wildman–Crippen LogP) is 2.72. The lowest BCUT2D eigenvalue weighted by atomic mass is 9.70. The summed E-state index contributed by atoms with van der Waals surface area (Å²) < 4.78 is 25.0. The minimum Gasteiger partial charge on any atom is -0.486 e. The van der Waals surface area contributed by atoms with Gasteiger partial charge in [0.1, 0.15) is 36.3 Å². The van der Waals surface area contributed by atoms with Gasteiger partial charge in [-0.15, -0.1) is 6.58 Å². The van der Waals surface area contributed by atoms with Crippen LogP contribution in [-0.2, 0) is 20.6 Å². The monoisotopic (exact) mass is 584 g/mol. The van der Waals surface area contributed by atoms with Crippen molar-refractivity contribution in [1.82, 2.24) is 0 Å². The Balaban J connectivity index is 1.54. The number of fused-ring (bicyclic) bond motifs is 6. The maximum atomic E-state index is 11.8. The molecule has 1 saturated heterocycles. The molecule has 6 rings (SSSR count). The van der Waals surface area contributed by atoms with Crippen molar-refractivity contribution in [3.05, 3.63) is 54.8 Å². The highest BCUT2D eigenvalue weighted by Gasteiger charge is 2.62. The van der Waals surface area contributed by atoms with Gasteiger partial charge in [-0.05, 0) is 74.1 Å². The number of aliphatic hydroxyl groups excluding tert-OH is 4. The van der Waals surface area contributed by atoms with Gasteiger partial charge in [0.05, 0.1) is 18.0 Å². The second-order valence-electron chi connectivity index (χ2n) is 12.3. The number of rotatable bonds is 9. The summed E-state index contributed by atoms with van der Waals surface area (Å²) >= 11 is 0. The molecule has 4 heterocycles. The molecule has 2 fully saturated rings. The van der Waals surface area contributed by atoms with E-state index in [-0.39, 0.29) is 25.4 Å². The normalized spacial score (nSPS) is 37.2. The third kappa shape index (κ3) is 6.49. The van der Waals surface area contributed by atoms with Gasteiger partial charge in [-0.2, -0.15) is 0 Å². The summed E-state index contributed by atoms with van der Waals surface area (Å²) in [6.45, 7) is 3.69. The van der Waals surface area contributed by atoms with Crippen molar-refractivity contribution in [2.75, 3.05) is 6.61 Å². The minimum atomic E-state index is -1.60. The van der Waals surface area contributed by atoms with Gasteiger partial charge in [-0.3, -0.25) is 0 Å².